The van der Waals surface area contributed by atoms with Crippen molar-refractivity contribution < 1.29 is 10.2 Å². The molecule has 0 aromatic carbocycles. The summed E-state index contributed by atoms with van der Waals surface area (Å²) < 4.78 is 0. The van der Waals surface area contributed by atoms with Gasteiger partial charge in [0, 0.05) is 18.3 Å². The van der Waals surface area contributed by atoms with Crippen LogP contribution in [0.1, 0.15) is 11.7 Å². The summed E-state index contributed by atoms with van der Waals surface area (Å²) in [5.41, 5.74) is 7.07. The van der Waals surface area contributed by atoms with E-state index in [0.717, 1.165) is 5.52 Å². The molecule has 0 saturated carbocycles. The van der Waals surface area contributed by atoms with Crippen molar-refractivity contribution >= 4 is 11.2 Å². The number of H-pyrrole nitrogens is 1. The number of hydrogen-bond donors (Lipinski definition) is 4. The van der Waals surface area contributed by atoms with Gasteiger partial charge in [0.2, 0.25) is 0 Å². The Labute approximate surface area is 85.8 Å². The first-order valence-corrected chi connectivity index (χ1v) is 4.57. The van der Waals surface area contributed by atoms with Crippen LogP contribution in [0.4, 0.5) is 0 Å². The smallest absolute Gasteiger partial charge is 0.177 e. The fraction of sp³-hybridized carbons (Fsp3) is 0.333. The van der Waals surface area contributed by atoms with Crippen molar-refractivity contribution in [2.75, 3.05) is 6.54 Å². The Kier molecular flexibility index (Phi) is 2.63. The summed E-state index contributed by atoms with van der Waals surface area (Å²) in [5.74, 6) is 0. The first-order chi connectivity index (χ1) is 7.22. The van der Waals surface area contributed by atoms with Crippen LogP contribution in [0.15, 0.2) is 18.6 Å². The van der Waals surface area contributed by atoms with Gasteiger partial charge in [-0.1, -0.05) is 0 Å². The average molecular weight is 208 g/mol. The number of aromatic amines is 1. The van der Waals surface area contributed by atoms with Gasteiger partial charge in [-0.3, -0.25) is 0 Å². The Balaban J connectivity index is 2.35. The zero-order valence-electron chi connectivity index (χ0n) is 7.96. The third-order valence-electron chi connectivity index (χ3n) is 2.24. The largest absolute Gasteiger partial charge is 0.389 e. The Morgan fingerprint density at radius 1 is 1.40 bits per heavy atom. The number of rotatable bonds is 3. The minimum absolute atomic E-state index is 0.00216. The SMILES string of the molecule is NCC(O)C(O)c1cnc2nc[nH]c2c1. The second kappa shape index (κ2) is 3.93. The van der Waals surface area contributed by atoms with Crippen LogP contribution in [0, 0.1) is 0 Å². The molecule has 0 fully saturated rings. The highest BCUT2D eigenvalue weighted by Gasteiger charge is 2.17. The van der Waals surface area contributed by atoms with Crippen molar-refractivity contribution in [1.82, 2.24) is 15.0 Å². The molecule has 6 nitrogen and oxygen atoms in total. The molecule has 2 atom stereocenters. The lowest BCUT2D eigenvalue weighted by molar-refractivity contribution is 0.0242. The Hall–Kier alpha value is -1.50. The lowest BCUT2D eigenvalue weighted by Gasteiger charge is -2.15. The Bertz CT molecular complexity index is 456. The van der Waals surface area contributed by atoms with Gasteiger partial charge in [0.05, 0.1) is 17.9 Å². The molecule has 6 heteroatoms. The van der Waals surface area contributed by atoms with Crippen LogP contribution in [0.3, 0.4) is 0 Å². The average Bonchev–Trinajstić information content (AvgIpc) is 2.73. The van der Waals surface area contributed by atoms with Crippen molar-refractivity contribution in [3.63, 3.8) is 0 Å². The molecule has 2 aromatic heterocycles. The van der Waals surface area contributed by atoms with E-state index in [1.54, 1.807) is 6.07 Å². The van der Waals surface area contributed by atoms with Gasteiger partial charge in [-0.15, -0.1) is 0 Å². The third-order valence-corrected chi connectivity index (χ3v) is 2.24. The number of aromatic nitrogens is 3. The molecular formula is C9H12N4O2. The quantitative estimate of drug-likeness (QED) is 0.534. The first-order valence-electron chi connectivity index (χ1n) is 4.57. The minimum Gasteiger partial charge on any atom is -0.389 e. The van der Waals surface area contributed by atoms with E-state index < -0.39 is 12.2 Å². The van der Waals surface area contributed by atoms with Crippen LogP contribution in [0.2, 0.25) is 0 Å². The second-order valence-corrected chi connectivity index (χ2v) is 3.29. The standard InChI is InChI=1S/C9H12N4O2/c10-2-7(14)8(15)5-1-6-9(11-3-5)13-4-12-6/h1,3-4,7-8,14-15H,2,10H2,(H,11,12,13). The highest BCUT2D eigenvalue weighted by molar-refractivity contribution is 5.70. The topological polar surface area (TPSA) is 108 Å². The molecule has 2 unspecified atom stereocenters. The van der Waals surface area contributed by atoms with E-state index in [0.29, 0.717) is 11.2 Å². The molecule has 0 aliphatic carbocycles. The van der Waals surface area contributed by atoms with Gasteiger partial charge >= 0.3 is 0 Å². The molecule has 2 aromatic rings. The molecule has 0 aliphatic rings. The van der Waals surface area contributed by atoms with E-state index in [-0.39, 0.29) is 6.54 Å². The van der Waals surface area contributed by atoms with E-state index in [1.165, 1.54) is 12.5 Å². The van der Waals surface area contributed by atoms with Crippen LogP contribution in [-0.2, 0) is 0 Å². The lowest BCUT2D eigenvalue weighted by Crippen LogP contribution is -2.27. The maximum atomic E-state index is 9.68. The summed E-state index contributed by atoms with van der Waals surface area (Å²) in [6.45, 7) is 0.00216. The molecule has 0 bridgehead atoms. The minimum atomic E-state index is -1.02. The maximum Gasteiger partial charge on any atom is 0.177 e. The van der Waals surface area contributed by atoms with Crippen LogP contribution >= 0.6 is 0 Å². The number of aliphatic hydroxyl groups excluding tert-OH is 2. The van der Waals surface area contributed by atoms with E-state index in [4.69, 9.17) is 5.73 Å². The highest BCUT2D eigenvalue weighted by atomic mass is 16.3. The number of nitrogens with one attached hydrogen (secondary N) is 1. The summed E-state index contributed by atoms with van der Waals surface area (Å²) >= 11 is 0. The number of pyridine rings is 1. The van der Waals surface area contributed by atoms with Gasteiger partial charge in [-0.05, 0) is 6.07 Å². The third kappa shape index (κ3) is 1.82. The normalized spacial score (nSPS) is 15.4. The zero-order chi connectivity index (χ0) is 10.8. The van der Waals surface area contributed by atoms with Crippen LogP contribution < -0.4 is 5.73 Å². The predicted octanol–water partition coefficient (Wildman–Crippen LogP) is -0.689. The molecule has 0 radical (unpaired) electrons. The molecule has 0 saturated heterocycles. The van der Waals surface area contributed by atoms with Gasteiger partial charge < -0.3 is 20.9 Å². The Morgan fingerprint density at radius 2 is 2.20 bits per heavy atom. The number of nitrogens with zero attached hydrogens (tertiary/aromatic N) is 2. The number of imidazole rings is 1. The fourth-order valence-corrected chi connectivity index (χ4v) is 1.36. The van der Waals surface area contributed by atoms with Crippen LogP contribution in [0.25, 0.3) is 11.2 Å². The molecule has 15 heavy (non-hydrogen) atoms. The summed E-state index contributed by atoms with van der Waals surface area (Å²) in [7, 11) is 0. The summed E-state index contributed by atoms with van der Waals surface area (Å²) in [4.78, 5) is 10.8. The summed E-state index contributed by atoms with van der Waals surface area (Å²) in [6.07, 6.45) is 1.00. The van der Waals surface area contributed by atoms with Crippen molar-refractivity contribution in [2.24, 2.45) is 5.73 Å². The number of hydrogen-bond acceptors (Lipinski definition) is 5. The number of fused-ring (bicyclic) bond motifs is 1. The van der Waals surface area contributed by atoms with Gasteiger partial charge in [0.25, 0.3) is 0 Å². The first kappa shape index (κ1) is 10.0. The predicted molar refractivity (Wildman–Crippen MR) is 53.9 cm³/mol. The summed E-state index contributed by atoms with van der Waals surface area (Å²) in [6, 6.07) is 1.69. The number of nitrogens with two attached hydrogens (primary N) is 1. The molecular weight excluding hydrogens is 196 g/mol. The molecule has 5 N–H and O–H groups in total. The molecule has 0 aliphatic heterocycles. The second-order valence-electron chi connectivity index (χ2n) is 3.29. The van der Waals surface area contributed by atoms with Crippen LogP contribution in [0.5, 0.6) is 0 Å². The van der Waals surface area contributed by atoms with Crippen molar-refractivity contribution in [3.05, 3.63) is 24.2 Å². The van der Waals surface area contributed by atoms with E-state index >= 15 is 0 Å². The fourth-order valence-electron chi connectivity index (χ4n) is 1.36. The molecule has 2 heterocycles. The van der Waals surface area contributed by atoms with Crippen molar-refractivity contribution in [2.45, 2.75) is 12.2 Å². The monoisotopic (exact) mass is 208 g/mol. The van der Waals surface area contributed by atoms with Crippen LogP contribution in [-0.4, -0.2) is 37.8 Å². The molecule has 0 amide bonds. The van der Waals surface area contributed by atoms with Gasteiger partial charge in [0.15, 0.2) is 5.65 Å². The highest BCUT2D eigenvalue weighted by Crippen LogP contribution is 2.18. The van der Waals surface area contributed by atoms with Crippen molar-refractivity contribution in [1.29, 1.82) is 0 Å². The van der Waals surface area contributed by atoms with Gasteiger partial charge in [-0.25, -0.2) is 9.97 Å². The van der Waals surface area contributed by atoms with E-state index in [1.807, 2.05) is 0 Å². The van der Waals surface area contributed by atoms with E-state index in [2.05, 4.69) is 15.0 Å². The number of aliphatic hydroxyl groups is 2. The molecule has 0 spiro atoms. The Morgan fingerprint density at radius 3 is 2.93 bits per heavy atom. The molecule has 80 valence electrons. The zero-order valence-corrected chi connectivity index (χ0v) is 7.96. The van der Waals surface area contributed by atoms with Crippen molar-refractivity contribution in [3.8, 4) is 0 Å². The lowest BCUT2D eigenvalue weighted by atomic mass is 10.1. The van der Waals surface area contributed by atoms with Gasteiger partial charge in [-0.2, -0.15) is 0 Å². The van der Waals surface area contributed by atoms with E-state index in [9.17, 15) is 10.2 Å². The summed E-state index contributed by atoms with van der Waals surface area (Å²) in [5, 5.41) is 19.1. The molecule has 2 rings (SSSR count). The van der Waals surface area contributed by atoms with Gasteiger partial charge in [0.1, 0.15) is 6.10 Å². The maximum absolute atomic E-state index is 9.68.